The van der Waals surface area contributed by atoms with Crippen molar-refractivity contribution in [1.29, 1.82) is 0 Å². The van der Waals surface area contributed by atoms with E-state index in [-0.39, 0.29) is 11.9 Å². The van der Waals surface area contributed by atoms with Gasteiger partial charge in [0.05, 0.1) is 11.7 Å². The Kier molecular flexibility index (Phi) is 3.65. The lowest BCUT2D eigenvalue weighted by Gasteiger charge is -2.33. The van der Waals surface area contributed by atoms with Crippen molar-refractivity contribution in [3.8, 4) is 0 Å². The Labute approximate surface area is 118 Å². The molecule has 1 aromatic carbocycles. The molecule has 1 saturated heterocycles. The van der Waals surface area contributed by atoms with Crippen LogP contribution in [-0.4, -0.2) is 30.0 Å². The summed E-state index contributed by atoms with van der Waals surface area (Å²) in [5.74, 6) is 0.183. The van der Waals surface area contributed by atoms with Gasteiger partial charge in [0.25, 0.3) is 0 Å². The number of aromatic nitrogens is 1. The Balaban J connectivity index is 2.00. The average molecular weight is 269 g/mol. The van der Waals surface area contributed by atoms with Crippen LogP contribution < -0.4 is 10.2 Å². The zero-order chi connectivity index (χ0) is 13.9. The van der Waals surface area contributed by atoms with Crippen LogP contribution in [0.15, 0.2) is 36.7 Å². The lowest BCUT2D eigenvalue weighted by Crippen LogP contribution is -2.50. The normalized spacial score (nSPS) is 19.6. The fourth-order valence-corrected chi connectivity index (χ4v) is 2.89. The summed E-state index contributed by atoms with van der Waals surface area (Å²) in [6.07, 6.45) is 5.58. The summed E-state index contributed by atoms with van der Waals surface area (Å²) >= 11 is 0. The van der Waals surface area contributed by atoms with Crippen molar-refractivity contribution >= 4 is 22.4 Å². The number of carbonyl (C=O) groups excluding carboxylic acids is 1. The van der Waals surface area contributed by atoms with Crippen molar-refractivity contribution in [1.82, 2.24) is 10.3 Å². The number of benzene rings is 1. The molecule has 2 heterocycles. The van der Waals surface area contributed by atoms with E-state index in [9.17, 15) is 4.79 Å². The van der Waals surface area contributed by atoms with Gasteiger partial charge in [0, 0.05) is 29.7 Å². The molecule has 1 aliphatic rings. The lowest BCUT2D eigenvalue weighted by molar-refractivity contribution is -0.121. The number of likely N-dealkylation sites (N-methyl/N-ethyl adjacent to an activating group) is 1. The Bertz CT molecular complexity index is 619. The number of nitrogens with one attached hydrogen (secondary N) is 1. The molecule has 0 spiro atoms. The first-order chi connectivity index (χ1) is 9.81. The zero-order valence-electron chi connectivity index (χ0n) is 11.7. The minimum absolute atomic E-state index is 0.0501. The number of anilines is 1. The van der Waals surface area contributed by atoms with E-state index in [1.165, 1.54) is 0 Å². The van der Waals surface area contributed by atoms with Crippen LogP contribution in [0.1, 0.15) is 19.8 Å². The van der Waals surface area contributed by atoms with Crippen LogP contribution in [0.4, 0.5) is 5.69 Å². The standard InChI is InChI=1S/C16H19N3O/c1-2-18-14-6-4-10-19(16(14)20)15-7-3-5-12-11-17-9-8-13(12)15/h3,5,7-9,11,14,18H,2,4,6,10H2,1H3. The molecular formula is C16H19N3O. The van der Waals surface area contributed by atoms with E-state index in [1.807, 2.05) is 42.3 Å². The van der Waals surface area contributed by atoms with Crippen molar-refractivity contribution in [2.45, 2.75) is 25.8 Å². The molecule has 3 rings (SSSR count). The Hall–Kier alpha value is -1.94. The van der Waals surface area contributed by atoms with Crippen LogP contribution >= 0.6 is 0 Å². The van der Waals surface area contributed by atoms with Gasteiger partial charge in [0.1, 0.15) is 0 Å². The van der Waals surface area contributed by atoms with Crippen LogP contribution in [0.2, 0.25) is 0 Å². The number of carbonyl (C=O) groups is 1. The predicted molar refractivity (Wildman–Crippen MR) is 80.8 cm³/mol. The zero-order valence-corrected chi connectivity index (χ0v) is 11.7. The highest BCUT2D eigenvalue weighted by Gasteiger charge is 2.29. The molecule has 1 N–H and O–H groups in total. The van der Waals surface area contributed by atoms with Crippen LogP contribution in [-0.2, 0) is 4.79 Å². The quantitative estimate of drug-likeness (QED) is 0.930. The smallest absolute Gasteiger partial charge is 0.244 e. The molecule has 4 nitrogen and oxygen atoms in total. The van der Waals surface area contributed by atoms with E-state index >= 15 is 0 Å². The summed E-state index contributed by atoms with van der Waals surface area (Å²) < 4.78 is 0. The molecule has 1 aromatic heterocycles. The number of hydrogen-bond acceptors (Lipinski definition) is 3. The first-order valence-electron chi connectivity index (χ1n) is 7.18. The van der Waals surface area contributed by atoms with Gasteiger partial charge in [-0.3, -0.25) is 9.78 Å². The van der Waals surface area contributed by atoms with E-state index in [4.69, 9.17) is 0 Å². The minimum Gasteiger partial charge on any atom is -0.310 e. The molecule has 0 bridgehead atoms. The molecule has 0 radical (unpaired) electrons. The second kappa shape index (κ2) is 5.59. The van der Waals surface area contributed by atoms with Gasteiger partial charge in [-0.2, -0.15) is 0 Å². The summed E-state index contributed by atoms with van der Waals surface area (Å²) in [5.41, 5.74) is 0.998. The Morgan fingerprint density at radius 2 is 2.30 bits per heavy atom. The maximum absolute atomic E-state index is 12.6. The number of nitrogens with zero attached hydrogens (tertiary/aromatic N) is 2. The monoisotopic (exact) mass is 269 g/mol. The summed E-state index contributed by atoms with van der Waals surface area (Å²) in [6.45, 7) is 3.65. The number of amides is 1. The molecule has 1 atom stereocenters. The minimum atomic E-state index is -0.0501. The molecule has 4 heteroatoms. The molecule has 104 valence electrons. The molecule has 20 heavy (non-hydrogen) atoms. The summed E-state index contributed by atoms with van der Waals surface area (Å²) in [6, 6.07) is 7.97. The first kappa shape index (κ1) is 13.1. The van der Waals surface area contributed by atoms with Crippen LogP contribution in [0, 0.1) is 0 Å². The lowest BCUT2D eigenvalue weighted by atomic mass is 10.0. The van der Waals surface area contributed by atoms with Crippen LogP contribution in [0.5, 0.6) is 0 Å². The molecule has 1 unspecified atom stereocenters. The third-order valence-corrected chi connectivity index (χ3v) is 3.84. The molecule has 0 saturated carbocycles. The molecule has 2 aromatic rings. The van der Waals surface area contributed by atoms with Crippen LogP contribution in [0.25, 0.3) is 10.8 Å². The summed E-state index contributed by atoms with van der Waals surface area (Å²) in [5, 5.41) is 5.44. The Morgan fingerprint density at radius 1 is 1.40 bits per heavy atom. The van der Waals surface area contributed by atoms with Gasteiger partial charge in [0.15, 0.2) is 0 Å². The first-order valence-corrected chi connectivity index (χ1v) is 7.18. The number of hydrogen-bond donors (Lipinski definition) is 1. The van der Waals surface area contributed by atoms with Gasteiger partial charge >= 0.3 is 0 Å². The van der Waals surface area contributed by atoms with Crippen molar-refractivity contribution < 1.29 is 4.79 Å². The van der Waals surface area contributed by atoms with E-state index in [2.05, 4.69) is 10.3 Å². The van der Waals surface area contributed by atoms with Gasteiger partial charge in [-0.1, -0.05) is 19.1 Å². The third kappa shape index (κ3) is 2.27. The van der Waals surface area contributed by atoms with Gasteiger partial charge in [-0.25, -0.2) is 0 Å². The number of pyridine rings is 1. The number of rotatable bonds is 3. The summed E-state index contributed by atoms with van der Waals surface area (Å²) in [7, 11) is 0. The molecule has 1 aliphatic heterocycles. The maximum Gasteiger partial charge on any atom is 0.244 e. The average Bonchev–Trinajstić information content (AvgIpc) is 2.49. The number of fused-ring (bicyclic) bond motifs is 1. The second-order valence-corrected chi connectivity index (χ2v) is 5.12. The fourth-order valence-electron chi connectivity index (χ4n) is 2.89. The predicted octanol–water partition coefficient (Wildman–Crippen LogP) is 2.34. The fraction of sp³-hybridized carbons (Fsp3) is 0.375. The van der Waals surface area contributed by atoms with Crippen LogP contribution in [0.3, 0.4) is 0 Å². The Morgan fingerprint density at radius 3 is 3.15 bits per heavy atom. The SMILES string of the molecule is CCNC1CCCN(c2cccc3cnccc23)C1=O. The highest BCUT2D eigenvalue weighted by Crippen LogP contribution is 2.29. The highest BCUT2D eigenvalue weighted by atomic mass is 16.2. The number of piperidine rings is 1. The van der Waals surface area contributed by atoms with Crippen molar-refractivity contribution in [3.63, 3.8) is 0 Å². The molecule has 1 amide bonds. The largest absolute Gasteiger partial charge is 0.310 e. The van der Waals surface area contributed by atoms with Gasteiger partial charge in [0.2, 0.25) is 5.91 Å². The van der Waals surface area contributed by atoms with Gasteiger partial charge in [-0.05, 0) is 31.5 Å². The van der Waals surface area contributed by atoms with Gasteiger partial charge < -0.3 is 10.2 Å². The topological polar surface area (TPSA) is 45.2 Å². The molecule has 0 aliphatic carbocycles. The van der Waals surface area contributed by atoms with E-state index in [0.29, 0.717) is 0 Å². The van der Waals surface area contributed by atoms with E-state index < -0.39 is 0 Å². The highest BCUT2D eigenvalue weighted by molar-refractivity contribution is 6.05. The molecular weight excluding hydrogens is 250 g/mol. The van der Waals surface area contributed by atoms with Crippen molar-refractivity contribution in [2.24, 2.45) is 0 Å². The van der Waals surface area contributed by atoms with Crippen molar-refractivity contribution in [3.05, 3.63) is 36.7 Å². The third-order valence-electron chi connectivity index (χ3n) is 3.84. The molecule has 1 fully saturated rings. The maximum atomic E-state index is 12.6. The second-order valence-electron chi connectivity index (χ2n) is 5.12. The van der Waals surface area contributed by atoms with E-state index in [0.717, 1.165) is 42.4 Å². The summed E-state index contributed by atoms with van der Waals surface area (Å²) in [4.78, 5) is 18.7. The van der Waals surface area contributed by atoms with E-state index in [1.54, 1.807) is 6.20 Å². The van der Waals surface area contributed by atoms with Crippen molar-refractivity contribution in [2.75, 3.05) is 18.0 Å². The van der Waals surface area contributed by atoms with Gasteiger partial charge in [-0.15, -0.1) is 0 Å².